The normalized spacial score (nSPS) is 15.0. The zero-order chi connectivity index (χ0) is 46.8. The molecule has 61 heavy (non-hydrogen) atoms. The number of carboxylic acid groups (broad SMARTS) is 2. The number of hydrogen-bond acceptors (Lipinski definition) is 13. The average Bonchev–Trinajstić information content (AvgIpc) is 3.17. The SMILES string of the molecule is CC[C@H](C)[C@H](NC(=O)[C@H](CC(=O)O)NC(=O)[C@H](CCCN=C(N)N)NC(=O)[C@H](CC(N)=O)NC(=O)[C@@H](N)CCSC)C(=O)N[C@@H](CC(C)C)C(=O)N[C@@H](CCCCN)C(=O)O. The van der Waals surface area contributed by atoms with E-state index in [-0.39, 0.29) is 50.5 Å². The Morgan fingerprint density at radius 3 is 1.67 bits per heavy atom. The fourth-order valence-corrected chi connectivity index (χ4v) is 6.20. The quantitative estimate of drug-likeness (QED) is 0.0179. The van der Waals surface area contributed by atoms with Crippen LogP contribution in [0, 0.1) is 11.8 Å². The molecule has 0 aromatic carbocycles. The number of nitrogens with zero attached hydrogens (tertiary/aromatic N) is 1. The van der Waals surface area contributed by atoms with Crippen molar-refractivity contribution in [2.24, 2.45) is 45.5 Å². The van der Waals surface area contributed by atoms with Gasteiger partial charge in [0.2, 0.25) is 41.4 Å². The van der Waals surface area contributed by atoms with Crippen LogP contribution in [0.2, 0.25) is 0 Å². The lowest BCUT2D eigenvalue weighted by molar-refractivity contribution is -0.142. The summed E-state index contributed by atoms with van der Waals surface area (Å²) in [5.74, 6) is -9.80. The highest BCUT2D eigenvalue weighted by atomic mass is 32.2. The van der Waals surface area contributed by atoms with Crippen LogP contribution in [-0.4, -0.2) is 137 Å². The molecule has 0 aliphatic carbocycles. The van der Waals surface area contributed by atoms with E-state index in [9.17, 15) is 53.4 Å². The number of amides is 7. The number of carboxylic acids is 2. The molecule has 18 N–H and O–H groups in total. The first-order valence-corrected chi connectivity index (χ1v) is 21.5. The van der Waals surface area contributed by atoms with Crippen molar-refractivity contribution in [2.75, 3.05) is 25.1 Å². The fraction of sp³-hybridized carbons (Fsp3) is 0.730. The van der Waals surface area contributed by atoms with Crippen molar-refractivity contribution in [3.05, 3.63) is 0 Å². The lowest BCUT2D eigenvalue weighted by Crippen LogP contribution is -2.61. The molecular formula is C37H68N12O11S. The van der Waals surface area contributed by atoms with Gasteiger partial charge < -0.3 is 70.8 Å². The molecule has 0 spiro atoms. The standard InChI is InChI=1S/C37H68N12O11S/c1-6-20(4)29(35(58)48-24(16-19(2)3)32(55)45-23(36(59)60)10-7-8-13-38)49-34(57)26(18-28(51)52)47-31(54)22(11-9-14-43-37(41)42)44-33(56)25(17-27(40)50)46-30(53)21(39)12-15-61-5/h19-26,29H,6-18,38-39H2,1-5H3,(H2,40,50)(H,44,56)(H,45,55)(H,46,53)(H,47,54)(H,48,58)(H,49,57)(H,51,52)(H,59,60)(H4,41,42,43)/t20-,21-,22-,23-,24-,25-,26-,29-/m0/s1. The number of nitrogens with two attached hydrogens (primary N) is 5. The Morgan fingerprint density at radius 1 is 0.639 bits per heavy atom. The van der Waals surface area contributed by atoms with Crippen molar-refractivity contribution in [1.82, 2.24) is 31.9 Å². The molecule has 348 valence electrons. The minimum Gasteiger partial charge on any atom is -0.481 e. The van der Waals surface area contributed by atoms with E-state index in [0.717, 1.165) is 0 Å². The average molecular weight is 889 g/mol. The Hall–Kier alpha value is -5.23. The summed E-state index contributed by atoms with van der Waals surface area (Å²) in [6.07, 6.45) is 1.75. The van der Waals surface area contributed by atoms with Gasteiger partial charge in [-0.1, -0.05) is 34.1 Å². The molecule has 0 rings (SSSR count). The van der Waals surface area contributed by atoms with Gasteiger partial charge in [-0.15, -0.1) is 0 Å². The molecule has 0 saturated carbocycles. The van der Waals surface area contributed by atoms with E-state index in [0.29, 0.717) is 31.6 Å². The molecule has 0 aromatic heterocycles. The van der Waals surface area contributed by atoms with E-state index in [1.54, 1.807) is 34.0 Å². The molecule has 23 nitrogen and oxygen atoms in total. The van der Waals surface area contributed by atoms with Crippen LogP contribution in [0.1, 0.15) is 91.9 Å². The lowest BCUT2D eigenvalue weighted by atomic mass is 9.96. The summed E-state index contributed by atoms with van der Waals surface area (Å²) in [5, 5.41) is 34.1. The van der Waals surface area contributed by atoms with Gasteiger partial charge in [-0.05, 0) is 75.3 Å². The number of nitrogens with one attached hydrogen (secondary N) is 6. The number of guanidine groups is 1. The maximum absolute atomic E-state index is 13.8. The van der Waals surface area contributed by atoms with Gasteiger partial charge in [0.1, 0.15) is 36.3 Å². The summed E-state index contributed by atoms with van der Waals surface area (Å²) in [6, 6.07) is -9.79. The van der Waals surface area contributed by atoms with Gasteiger partial charge in [0.15, 0.2) is 5.96 Å². The highest BCUT2D eigenvalue weighted by molar-refractivity contribution is 7.98. The van der Waals surface area contributed by atoms with Gasteiger partial charge in [-0.25, -0.2) is 4.79 Å². The van der Waals surface area contributed by atoms with Gasteiger partial charge in [-0.3, -0.25) is 43.3 Å². The zero-order valence-corrected chi connectivity index (χ0v) is 36.5. The van der Waals surface area contributed by atoms with Crippen molar-refractivity contribution < 1.29 is 53.4 Å². The van der Waals surface area contributed by atoms with Crippen molar-refractivity contribution in [3.8, 4) is 0 Å². The number of rotatable bonds is 32. The van der Waals surface area contributed by atoms with Crippen LogP contribution in [0.3, 0.4) is 0 Å². The van der Waals surface area contributed by atoms with Gasteiger partial charge in [0.05, 0.1) is 18.9 Å². The van der Waals surface area contributed by atoms with Crippen LogP contribution < -0.4 is 60.6 Å². The largest absolute Gasteiger partial charge is 0.481 e. The monoisotopic (exact) mass is 888 g/mol. The van der Waals surface area contributed by atoms with E-state index in [4.69, 9.17) is 28.7 Å². The third-order valence-electron chi connectivity index (χ3n) is 9.29. The number of thioether (sulfide) groups is 1. The van der Waals surface area contributed by atoms with E-state index in [1.807, 2.05) is 0 Å². The first-order chi connectivity index (χ1) is 28.6. The molecule has 24 heteroatoms. The van der Waals surface area contributed by atoms with Crippen molar-refractivity contribution in [1.29, 1.82) is 0 Å². The Labute approximate surface area is 360 Å². The van der Waals surface area contributed by atoms with E-state index in [2.05, 4.69) is 36.9 Å². The van der Waals surface area contributed by atoms with E-state index in [1.165, 1.54) is 11.8 Å². The van der Waals surface area contributed by atoms with Gasteiger partial charge in [0, 0.05) is 6.54 Å². The number of aliphatic carboxylic acids is 2. The number of primary amides is 1. The first-order valence-electron chi connectivity index (χ1n) is 20.1. The number of unbranched alkanes of at least 4 members (excludes halogenated alkanes) is 1. The van der Waals surface area contributed by atoms with E-state index < -0.39 is 114 Å². The summed E-state index contributed by atoms with van der Waals surface area (Å²) in [7, 11) is 0. The molecule has 0 aliphatic rings. The molecule has 0 heterocycles. The smallest absolute Gasteiger partial charge is 0.326 e. The second-order valence-corrected chi connectivity index (χ2v) is 16.0. The topological polar surface area (TPSA) is 409 Å². The number of aliphatic imine (C=N–C) groups is 1. The van der Waals surface area contributed by atoms with Crippen molar-refractivity contribution in [2.45, 2.75) is 134 Å². The Bertz CT molecular complexity index is 1520. The molecule has 0 bridgehead atoms. The maximum Gasteiger partial charge on any atom is 0.326 e. The van der Waals surface area contributed by atoms with Gasteiger partial charge in [-0.2, -0.15) is 11.8 Å². The fourth-order valence-electron chi connectivity index (χ4n) is 5.71. The minimum absolute atomic E-state index is 0.0143. The Balaban J connectivity index is 6.53. The molecule has 0 saturated heterocycles. The molecule has 0 aromatic rings. The predicted molar refractivity (Wildman–Crippen MR) is 228 cm³/mol. The van der Waals surface area contributed by atoms with Crippen LogP contribution in [0.15, 0.2) is 4.99 Å². The molecule has 0 aliphatic heterocycles. The number of carbonyl (C=O) groups is 9. The lowest BCUT2D eigenvalue weighted by Gasteiger charge is -2.29. The highest BCUT2D eigenvalue weighted by Crippen LogP contribution is 2.13. The van der Waals surface area contributed by atoms with Crippen molar-refractivity contribution in [3.63, 3.8) is 0 Å². The molecule has 8 atom stereocenters. The predicted octanol–water partition coefficient (Wildman–Crippen LogP) is -3.31. The third kappa shape index (κ3) is 23.4. The van der Waals surface area contributed by atoms with E-state index >= 15 is 0 Å². The second kappa shape index (κ2) is 29.9. The van der Waals surface area contributed by atoms with Gasteiger partial charge in [0.25, 0.3) is 0 Å². The summed E-state index contributed by atoms with van der Waals surface area (Å²) in [6.45, 7) is 7.21. The zero-order valence-electron chi connectivity index (χ0n) is 35.7. The number of hydrogen-bond donors (Lipinski definition) is 13. The summed E-state index contributed by atoms with van der Waals surface area (Å²) >= 11 is 1.43. The maximum atomic E-state index is 13.8. The second-order valence-electron chi connectivity index (χ2n) is 15.0. The van der Waals surface area contributed by atoms with Crippen LogP contribution >= 0.6 is 11.8 Å². The van der Waals surface area contributed by atoms with Crippen LogP contribution in [0.5, 0.6) is 0 Å². The first kappa shape index (κ1) is 55.8. The molecule has 7 amide bonds. The summed E-state index contributed by atoms with van der Waals surface area (Å²) in [5.41, 5.74) is 27.6. The van der Waals surface area contributed by atoms with Crippen molar-refractivity contribution >= 4 is 71.0 Å². The van der Waals surface area contributed by atoms with Gasteiger partial charge >= 0.3 is 11.9 Å². The Morgan fingerprint density at radius 2 is 1.15 bits per heavy atom. The summed E-state index contributed by atoms with van der Waals surface area (Å²) < 4.78 is 0. The highest BCUT2D eigenvalue weighted by Gasteiger charge is 2.36. The molecule has 0 fully saturated rings. The third-order valence-corrected chi connectivity index (χ3v) is 9.94. The van der Waals surface area contributed by atoms with Crippen LogP contribution in [0.4, 0.5) is 0 Å². The molecule has 0 unspecified atom stereocenters. The number of carbonyl (C=O) groups excluding carboxylic acids is 7. The minimum atomic E-state index is -1.82. The van der Waals surface area contributed by atoms with Crippen LogP contribution in [-0.2, 0) is 43.2 Å². The summed E-state index contributed by atoms with van der Waals surface area (Å²) in [4.78, 5) is 121. The molecule has 0 radical (unpaired) electrons. The molecular weight excluding hydrogens is 821 g/mol. The Kier molecular flexibility index (Phi) is 27.3. The van der Waals surface area contributed by atoms with Crippen LogP contribution in [0.25, 0.3) is 0 Å².